The van der Waals surface area contributed by atoms with Gasteiger partial charge in [0.05, 0.1) is 24.3 Å². The summed E-state index contributed by atoms with van der Waals surface area (Å²) in [6.07, 6.45) is -0.517. The third kappa shape index (κ3) is 3.38. The van der Waals surface area contributed by atoms with Gasteiger partial charge in [0.1, 0.15) is 0 Å². The number of rotatable bonds is 2. The number of urea groups is 1. The molecule has 0 saturated carbocycles. The lowest BCUT2D eigenvalue weighted by Gasteiger charge is -2.35. The molecule has 0 aromatic heterocycles. The highest BCUT2D eigenvalue weighted by atomic mass is 32.2. The zero-order chi connectivity index (χ0) is 18.2. The van der Waals surface area contributed by atoms with Crippen molar-refractivity contribution in [3.05, 3.63) is 29.8 Å². The molecule has 3 rings (SSSR count). The van der Waals surface area contributed by atoms with Crippen molar-refractivity contribution in [1.82, 2.24) is 14.1 Å². The van der Waals surface area contributed by atoms with Crippen LogP contribution in [0.2, 0.25) is 0 Å². The van der Waals surface area contributed by atoms with Gasteiger partial charge in [-0.15, -0.1) is 0 Å². The topological polar surface area (TPSA) is 70.2 Å². The van der Waals surface area contributed by atoms with Crippen LogP contribution in [0.15, 0.2) is 29.2 Å². The fourth-order valence-electron chi connectivity index (χ4n) is 3.42. The molecule has 0 radical (unpaired) electrons. The molecular formula is C17H25N3O4S. The summed E-state index contributed by atoms with van der Waals surface area (Å²) < 4.78 is 32.7. The molecule has 0 spiro atoms. The molecule has 2 saturated heterocycles. The Labute approximate surface area is 149 Å². The number of hydrogen-bond donors (Lipinski definition) is 0. The predicted octanol–water partition coefficient (Wildman–Crippen LogP) is 1.49. The number of aryl methyl sites for hydroxylation is 1. The molecule has 25 heavy (non-hydrogen) atoms. The van der Waals surface area contributed by atoms with Gasteiger partial charge in [0, 0.05) is 25.7 Å². The largest absolute Gasteiger partial charge is 0.378 e. The highest BCUT2D eigenvalue weighted by molar-refractivity contribution is 7.89. The Bertz CT molecular complexity index is 729. The average Bonchev–Trinajstić information content (AvgIpc) is 2.90. The van der Waals surface area contributed by atoms with Crippen LogP contribution in [0, 0.1) is 6.92 Å². The molecule has 7 nitrogen and oxygen atoms in total. The Hall–Kier alpha value is -1.64. The van der Waals surface area contributed by atoms with Crippen LogP contribution in [-0.2, 0) is 14.8 Å². The first-order chi connectivity index (χ1) is 11.8. The van der Waals surface area contributed by atoms with Gasteiger partial charge in [-0.3, -0.25) is 0 Å². The first kappa shape index (κ1) is 18.2. The summed E-state index contributed by atoms with van der Waals surface area (Å²) in [5, 5.41) is 0. The molecular weight excluding hydrogens is 342 g/mol. The maximum Gasteiger partial charge on any atom is 0.321 e. The first-order valence-electron chi connectivity index (χ1n) is 8.56. The summed E-state index contributed by atoms with van der Waals surface area (Å²) in [6, 6.07) is 6.51. The zero-order valence-corrected chi connectivity index (χ0v) is 15.7. The molecule has 0 N–H and O–H groups in total. The van der Waals surface area contributed by atoms with Gasteiger partial charge in [0.15, 0.2) is 0 Å². The van der Waals surface area contributed by atoms with E-state index in [0.717, 1.165) is 5.56 Å². The fraction of sp³-hybridized carbons (Fsp3) is 0.588. The summed E-state index contributed by atoms with van der Waals surface area (Å²) in [6.45, 7) is 8.00. The zero-order valence-electron chi connectivity index (χ0n) is 14.9. The number of hydrogen-bond acceptors (Lipinski definition) is 4. The molecule has 2 heterocycles. The maximum atomic E-state index is 13.0. The van der Waals surface area contributed by atoms with Crippen molar-refractivity contribution in [3.63, 3.8) is 0 Å². The fourth-order valence-corrected chi connectivity index (χ4v) is 5.08. The molecule has 0 unspecified atom stereocenters. The monoisotopic (exact) mass is 367 g/mol. The van der Waals surface area contributed by atoms with Crippen LogP contribution in [0.3, 0.4) is 0 Å². The lowest BCUT2D eigenvalue weighted by molar-refractivity contribution is 0.0382. The number of benzene rings is 1. The van der Waals surface area contributed by atoms with E-state index in [2.05, 4.69) is 0 Å². The summed E-state index contributed by atoms with van der Waals surface area (Å²) in [5.74, 6) is 0. The molecule has 2 fully saturated rings. The van der Waals surface area contributed by atoms with Crippen LogP contribution >= 0.6 is 0 Å². The molecule has 1 aromatic rings. The summed E-state index contributed by atoms with van der Waals surface area (Å²) in [4.78, 5) is 16.5. The summed E-state index contributed by atoms with van der Waals surface area (Å²) >= 11 is 0. The number of carbonyl (C=O) groups is 1. The highest BCUT2D eigenvalue weighted by Crippen LogP contribution is 2.28. The Balaban J connectivity index is 1.82. The lowest BCUT2D eigenvalue weighted by atomic mass is 10.2. The van der Waals surface area contributed by atoms with Crippen LogP contribution in [-0.4, -0.2) is 73.6 Å². The maximum absolute atomic E-state index is 13.0. The molecule has 1 aromatic carbocycles. The molecule has 8 heteroatoms. The van der Waals surface area contributed by atoms with Crippen LogP contribution in [0.4, 0.5) is 4.79 Å². The van der Waals surface area contributed by atoms with Crippen LogP contribution < -0.4 is 0 Å². The van der Waals surface area contributed by atoms with Gasteiger partial charge in [-0.1, -0.05) is 17.7 Å². The minimum atomic E-state index is -3.64. The number of carbonyl (C=O) groups excluding carboxylic acids is 1. The van der Waals surface area contributed by atoms with Crippen LogP contribution in [0.5, 0.6) is 0 Å². The highest BCUT2D eigenvalue weighted by Gasteiger charge is 2.45. The molecule has 0 aliphatic carbocycles. The Morgan fingerprint density at radius 2 is 1.72 bits per heavy atom. The average molecular weight is 367 g/mol. The van der Waals surface area contributed by atoms with Crippen molar-refractivity contribution in [1.29, 1.82) is 0 Å². The number of ether oxygens (including phenoxy) is 1. The van der Waals surface area contributed by atoms with E-state index in [1.807, 2.05) is 13.8 Å². The second-order valence-electron chi connectivity index (χ2n) is 6.66. The van der Waals surface area contributed by atoms with Crippen LogP contribution in [0.25, 0.3) is 0 Å². The van der Waals surface area contributed by atoms with Gasteiger partial charge in [-0.2, -0.15) is 4.31 Å². The van der Waals surface area contributed by atoms with E-state index >= 15 is 0 Å². The van der Waals surface area contributed by atoms with Crippen LogP contribution in [0.1, 0.15) is 19.4 Å². The van der Waals surface area contributed by atoms with Crippen molar-refractivity contribution < 1.29 is 17.9 Å². The SMILES string of the molecule is Cc1ccc(S(=O)(=O)N2C[C@H](C)N(C(=O)N3CCOCC3)[C@@H]2C)cc1. The number of morpholine rings is 1. The number of sulfonamides is 1. The van der Waals surface area contributed by atoms with Gasteiger partial charge in [-0.05, 0) is 32.9 Å². The molecule has 2 amide bonds. The van der Waals surface area contributed by atoms with Gasteiger partial charge in [-0.25, -0.2) is 13.2 Å². The number of amides is 2. The van der Waals surface area contributed by atoms with E-state index in [-0.39, 0.29) is 17.0 Å². The smallest absolute Gasteiger partial charge is 0.321 e. The summed E-state index contributed by atoms with van der Waals surface area (Å²) in [7, 11) is -3.64. The van der Waals surface area contributed by atoms with E-state index in [1.54, 1.807) is 41.0 Å². The van der Waals surface area contributed by atoms with Crippen molar-refractivity contribution in [2.45, 2.75) is 37.9 Å². The predicted molar refractivity (Wildman–Crippen MR) is 93.6 cm³/mol. The third-order valence-corrected chi connectivity index (χ3v) is 6.81. The minimum Gasteiger partial charge on any atom is -0.378 e. The third-order valence-electron chi connectivity index (χ3n) is 4.87. The van der Waals surface area contributed by atoms with E-state index in [0.29, 0.717) is 32.8 Å². The van der Waals surface area contributed by atoms with Crippen molar-refractivity contribution in [2.75, 3.05) is 32.8 Å². The summed E-state index contributed by atoms with van der Waals surface area (Å²) in [5.41, 5.74) is 1.01. The molecule has 2 aliphatic rings. The van der Waals surface area contributed by atoms with Gasteiger partial charge in [0.2, 0.25) is 10.0 Å². The van der Waals surface area contributed by atoms with Gasteiger partial charge in [0.25, 0.3) is 0 Å². The normalized spacial score (nSPS) is 25.4. The molecule has 0 bridgehead atoms. The van der Waals surface area contributed by atoms with E-state index in [4.69, 9.17) is 4.74 Å². The quantitative estimate of drug-likeness (QED) is 0.794. The van der Waals surface area contributed by atoms with Crippen molar-refractivity contribution >= 4 is 16.1 Å². The van der Waals surface area contributed by atoms with E-state index in [1.165, 1.54) is 4.31 Å². The standard InChI is InChI=1S/C17H25N3O4S/c1-13-4-6-16(7-5-13)25(22,23)19-12-14(2)20(15(19)3)17(21)18-8-10-24-11-9-18/h4-7,14-15H,8-12H2,1-3H3/t14-,15+/m0/s1. The Kier molecular flexibility index (Phi) is 5.04. The Morgan fingerprint density at radius 1 is 1.12 bits per heavy atom. The molecule has 2 atom stereocenters. The first-order valence-corrected chi connectivity index (χ1v) is 10.00. The lowest BCUT2D eigenvalue weighted by Crippen LogP contribution is -2.52. The second-order valence-corrected chi connectivity index (χ2v) is 8.55. The minimum absolute atomic E-state index is 0.120. The van der Waals surface area contributed by atoms with Gasteiger partial charge >= 0.3 is 6.03 Å². The number of nitrogens with zero attached hydrogens (tertiary/aromatic N) is 3. The molecule has 138 valence electrons. The van der Waals surface area contributed by atoms with E-state index in [9.17, 15) is 13.2 Å². The Morgan fingerprint density at radius 3 is 2.32 bits per heavy atom. The van der Waals surface area contributed by atoms with Gasteiger partial charge < -0.3 is 14.5 Å². The molecule has 2 aliphatic heterocycles. The van der Waals surface area contributed by atoms with Crippen molar-refractivity contribution in [2.24, 2.45) is 0 Å². The van der Waals surface area contributed by atoms with E-state index < -0.39 is 16.2 Å². The van der Waals surface area contributed by atoms with Crippen molar-refractivity contribution in [3.8, 4) is 0 Å². The second kappa shape index (κ2) is 6.93.